The van der Waals surface area contributed by atoms with Gasteiger partial charge in [0, 0.05) is 24.9 Å². The zero-order valence-electron chi connectivity index (χ0n) is 29.9. The van der Waals surface area contributed by atoms with Gasteiger partial charge >= 0.3 is 12.2 Å². The lowest BCUT2D eigenvalue weighted by Gasteiger charge is -2.35. The molecule has 6 rings (SSSR count). The minimum atomic E-state index is -3.84. The number of fused-ring (bicyclic) bond motifs is 3. The van der Waals surface area contributed by atoms with E-state index in [2.05, 4.69) is 10.0 Å². The van der Waals surface area contributed by atoms with Crippen LogP contribution in [0.2, 0.25) is 0 Å². The Balaban J connectivity index is 1.26. The molecule has 4 bridgehead atoms. The number of amides is 4. The van der Waals surface area contributed by atoms with Gasteiger partial charge in [-0.1, -0.05) is 46.2 Å². The molecule has 2 N–H and O–H groups in total. The van der Waals surface area contributed by atoms with Gasteiger partial charge in [0.15, 0.2) is 5.78 Å². The van der Waals surface area contributed by atoms with E-state index in [-0.39, 0.29) is 38.5 Å². The van der Waals surface area contributed by atoms with E-state index in [1.54, 1.807) is 25.7 Å². The number of sulfonamides is 1. The van der Waals surface area contributed by atoms with Gasteiger partial charge in [-0.3, -0.25) is 24.0 Å². The highest BCUT2D eigenvalue weighted by Gasteiger charge is 2.62. The van der Waals surface area contributed by atoms with Crippen LogP contribution in [0.25, 0.3) is 0 Å². The number of hydrogen-bond donors (Lipinski definition) is 2. The van der Waals surface area contributed by atoms with E-state index in [1.165, 1.54) is 4.90 Å². The summed E-state index contributed by atoms with van der Waals surface area (Å²) in [6, 6.07) is 3.51. The van der Waals surface area contributed by atoms with Gasteiger partial charge in [-0.05, 0) is 61.5 Å². The summed E-state index contributed by atoms with van der Waals surface area (Å²) in [7, 11) is -3.84. The van der Waals surface area contributed by atoms with Crippen molar-refractivity contribution in [1.82, 2.24) is 19.8 Å². The molecule has 280 valence electrons. The number of rotatable bonds is 7. The first kappa shape index (κ1) is 36.9. The number of nitrogens with one attached hydrogen (secondary N) is 2. The molecule has 3 heterocycles. The lowest BCUT2D eigenvalue weighted by molar-refractivity contribution is -0.142. The maximum absolute atomic E-state index is 14.4. The molecular weight excluding hydrogens is 680 g/mol. The number of carbonyl (C=O) groups is 5. The van der Waals surface area contributed by atoms with Gasteiger partial charge in [0.1, 0.15) is 17.9 Å². The summed E-state index contributed by atoms with van der Waals surface area (Å²) >= 11 is 0. The second-order valence-corrected chi connectivity index (χ2v) is 17.7. The third-order valence-corrected chi connectivity index (χ3v) is 12.7. The number of ketones is 1. The zero-order chi connectivity index (χ0) is 36.7. The molecule has 0 spiro atoms. The van der Waals surface area contributed by atoms with Crippen LogP contribution in [-0.2, 0) is 47.0 Å². The Labute approximate surface area is 299 Å². The van der Waals surface area contributed by atoms with Gasteiger partial charge in [0.25, 0.3) is 0 Å². The minimum absolute atomic E-state index is 0.0123. The summed E-state index contributed by atoms with van der Waals surface area (Å²) in [5.74, 6) is -1.17. The smallest absolute Gasteiger partial charge is 0.410 e. The summed E-state index contributed by atoms with van der Waals surface area (Å²) in [6.45, 7) is 8.34. The molecule has 0 aromatic heterocycles. The van der Waals surface area contributed by atoms with E-state index < -0.39 is 74.1 Å². The molecule has 2 saturated carbocycles. The van der Waals surface area contributed by atoms with Gasteiger partial charge in [0.05, 0.1) is 43.0 Å². The van der Waals surface area contributed by atoms with E-state index in [1.807, 2.05) is 25.1 Å². The monoisotopic (exact) mass is 730 g/mol. The fraction of sp³-hybridized carbons (Fsp3) is 0.694. The number of hydrogen-bond acceptors (Lipinski definition) is 10. The van der Waals surface area contributed by atoms with Gasteiger partial charge < -0.3 is 24.4 Å². The Bertz CT molecular complexity index is 1670. The highest BCUT2D eigenvalue weighted by atomic mass is 32.2. The van der Waals surface area contributed by atoms with E-state index >= 15 is 0 Å². The number of alkyl carbamates (subject to hydrolysis) is 1. The highest BCUT2D eigenvalue weighted by Crippen LogP contribution is 2.58. The lowest BCUT2D eigenvalue weighted by atomic mass is 9.85. The second-order valence-electron chi connectivity index (χ2n) is 15.8. The third-order valence-electron chi connectivity index (χ3n) is 10.9. The lowest BCUT2D eigenvalue weighted by Crippen LogP contribution is -2.57. The Morgan fingerprint density at radius 1 is 1.04 bits per heavy atom. The predicted octanol–water partition coefficient (Wildman–Crippen LogP) is 3.80. The van der Waals surface area contributed by atoms with Crippen LogP contribution in [0.3, 0.4) is 0 Å². The van der Waals surface area contributed by atoms with Crippen LogP contribution in [0.5, 0.6) is 5.75 Å². The van der Waals surface area contributed by atoms with Crippen LogP contribution < -0.4 is 14.8 Å². The van der Waals surface area contributed by atoms with Crippen LogP contribution in [0.15, 0.2) is 18.2 Å². The average Bonchev–Trinajstić information content (AvgIpc) is 3.96. The van der Waals surface area contributed by atoms with E-state index in [4.69, 9.17) is 14.2 Å². The number of cyclic esters (lactones) is 1. The fourth-order valence-electron chi connectivity index (χ4n) is 7.62. The van der Waals surface area contributed by atoms with Crippen molar-refractivity contribution in [2.45, 2.75) is 122 Å². The van der Waals surface area contributed by atoms with Gasteiger partial charge in [-0.2, -0.15) is 0 Å². The second kappa shape index (κ2) is 14.3. The largest absolute Gasteiger partial charge is 0.493 e. The maximum Gasteiger partial charge on any atom is 0.410 e. The van der Waals surface area contributed by atoms with Crippen LogP contribution >= 0.6 is 0 Å². The molecule has 3 aliphatic heterocycles. The summed E-state index contributed by atoms with van der Waals surface area (Å²) in [5.41, 5.74) is -0.170. The van der Waals surface area contributed by atoms with Crippen molar-refractivity contribution in [2.75, 3.05) is 19.8 Å². The quantitative estimate of drug-likeness (QED) is 0.420. The molecule has 1 aromatic carbocycles. The maximum atomic E-state index is 14.4. The molecule has 2 aliphatic carbocycles. The first-order chi connectivity index (χ1) is 24.1. The highest BCUT2D eigenvalue weighted by molar-refractivity contribution is 7.90. The SMILES string of the molecule is CC[C@H]1C[C@@]1(CC(=O)C1C[C@@H]2CN1C(=O)[C@H](C(C)(C)C)NC(=O)OCCCCCOc1cccc3c1CN(C3)C(=O)O2)C(=O)NS(=O)(=O)C1CC1. The first-order valence-electron chi connectivity index (χ1n) is 18.1. The molecule has 5 aliphatic rings. The van der Waals surface area contributed by atoms with Crippen molar-refractivity contribution in [1.29, 1.82) is 0 Å². The van der Waals surface area contributed by atoms with Crippen LogP contribution in [-0.4, -0.2) is 91.2 Å². The topological polar surface area (TPSA) is 178 Å². The van der Waals surface area contributed by atoms with Gasteiger partial charge in [-0.25, -0.2) is 18.0 Å². The van der Waals surface area contributed by atoms with Crippen molar-refractivity contribution < 1.29 is 46.6 Å². The molecule has 14 nitrogen and oxygen atoms in total. The Kier molecular flexibility index (Phi) is 10.3. The predicted molar refractivity (Wildman–Crippen MR) is 184 cm³/mol. The summed E-state index contributed by atoms with van der Waals surface area (Å²) in [5, 5.41) is 2.11. The molecule has 5 atom stereocenters. The number of benzene rings is 1. The van der Waals surface area contributed by atoms with Crippen molar-refractivity contribution in [3.63, 3.8) is 0 Å². The molecule has 0 radical (unpaired) electrons. The molecular formula is C36H50N4O10S. The van der Waals surface area contributed by atoms with Crippen molar-refractivity contribution in [3.8, 4) is 5.75 Å². The van der Waals surface area contributed by atoms with Crippen molar-refractivity contribution in [3.05, 3.63) is 29.3 Å². The Hall–Kier alpha value is -3.88. The van der Waals surface area contributed by atoms with E-state index in [0.29, 0.717) is 51.0 Å². The van der Waals surface area contributed by atoms with Crippen LogP contribution in [0.4, 0.5) is 9.59 Å². The Morgan fingerprint density at radius 2 is 1.76 bits per heavy atom. The molecule has 3 fully saturated rings. The van der Waals surface area contributed by atoms with E-state index in [9.17, 15) is 32.4 Å². The first-order valence-corrected chi connectivity index (χ1v) is 19.7. The third kappa shape index (κ3) is 7.97. The zero-order valence-corrected chi connectivity index (χ0v) is 30.7. The van der Waals surface area contributed by atoms with Crippen LogP contribution in [0, 0.1) is 16.7 Å². The normalized spacial score (nSPS) is 29.0. The average molecular weight is 731 g/mol. The molecule has 4 amide bonds. The van der Waals surface area contributed by atoms with Crippen LogP contribution in [0.1, 0.15) is 96.6 Å². The van der Waals surface area contributed by atoms with E-state index in [0.717, 1.165) is 24.0 Å². The number of ether oxygens (including phenoxy) is 3. The van der Waals surface area contributed by atoms with Crippen molar-refractivity contribution >= 4 is 39.8 Å². The molecule has 51 heavy (non-hydrogen) atoms. The molecule has 1 unspecified atom stereocenters. The number of nitrogens with zero attached hydrogens (tertiary/aromatic N) is 2. The summed E-state index contributed by atoms with van der Waals surface area (Å²) < 4.78 is 45.1. The molecule has 1 saturated heterocycles. The number of carbonyl (C=O) groups excluding carboxylic acids is 5. The Morgan fingerprint density at radius 3 is 2.43 bits per heavy atom. The molecule has 15 heteroatoms. The standard InChI is InChI=1S/C36H50N4O10S/c1-5-23-17-36(23,32(43)38-51(46,47)25-12-13-25)18-28(41)27-16-24-20-40(27)31(42)30(35(2,3)4)37-33(44)49-15-8-6-7-14-48-29-11-9-10-22-19-39(21-26(22)29)34(45)50-24/h9-11,23-25,27,30H,5-8,12-21H2,1-4H3,(H,37,44)(H,38,43)/t23-,24+,27?,30+,36-/m0/s1. The number of Topliss-reactive ketones (excluding diaryl/α,β-unsaturated/α-hetero) is 1. The van der Waals surface area contributed by atoms with Gasteiger partial charge in [-0.15, -0.1) is 0 Å². The van der Waals surface area contributed by atoms with Crippen molar-refractivity contribution in [2.24, 2.45) is 16.7 Å². The minimum Gasteiger partial charge on any atom is -0.493 e. The molecule has 1 aromatic rings. The summed E-state index contributed by atoms with van der Waals surface area (Å²) in [6.07, 6.45) is 1.46. The summed E-state index contributed by atoms with van der Waals surface area (Å²) in [4.78, 5) is 71.6. The van der Waals surface area contributed by atoms with Gasteiger partial charge in [0.2, 0.25) is 21.8 Å². The fourth-order valence-corrected chi connectivity index (χ4v) is 9.00.